The van der Waals surface area contributed by atoms with Crippen LogP contribution in [0.3, 0.4) is 0 Å². The second-order valence-electron chi connectivity index (χ2n) is 4.21. The Morgan fingerprint density at radius 3 is 2.28 bits per heavy atom. The van der Waals surface area contributed by atoms with Crippen molar-refractivity contribution in [3.05, 3.63) is 34.9 Å². The van der Waals surface area contributed by atoms with Crippen LogP contribution in [0.25, 0.3) is 0 Å². The molecule has 0 saturated carbocycles. The van der Waals surface area contributed by atoms with Crippen LogP contribution >= 0.6 is 11.6 Å². The number of nitrogens with zero attached hydrogens (tertiary/aromatic N) is 1. The van der Waals surface area contributed by atoms with Crippen LogP contribution in [-0.2, 0) is 6.54 Å². The zero-order chi connectivity index (χ0) is 13.6. The average Bonchev–Trinajstić information content (AvgIpc) is 2.29. The van der Waals surface area contributed by atoms with Gasteiger partial charge in [-0.1, -0.05) is 30.7 Å². The molecule has 1 aromatic rings. The molecule has 0 aromatic heterocycles. The predicted molar refractivity (Wildman–Crippen MR) is 67.7 cm³/mol. The van der Waals surface area contributed by atoms with Gasteiger partial charge in [-0.25, -0.2) is 0 Å². The number of hydrogen-bond donors (Lipinski definition) is 0. The molecule has 1 rings (SSSR count). The van der Waals surface area contributed by atoms with Gasteiger partial charge in [0.1, 0.15) is 0 Å². The molecule has 102 valence electrons. The van der Waals surface area contributed by atoms with E-state index in [0.717, 1.165) is 12.1 Å². The minimum absolute atomic E-state index is 0.144. The van der Waals surface area contributed by atoms with E-state index >= 15 is 0 Å². The molecule has 0 N–H and O–H groups in total. The topological polar surface area (TPSA) is 3.24 Å². The van der Waals surface area contributed by atoms with Crippen LogP contribution in [0.4, 0.5) is 13.2 Å². The average molecular weight is 280 g/mol. The van der Waals surface area contributed by atoms with Crippen molar-refractivity contribution in [3.8, 4) is 0 Å². The summed E-state index contributed by atoms with van der Waals surface area (Å²) in [5.41, 5.74) is 1.06. The van der Waals surface area contributed by atoms with Gasteiger partial charge in [0, 0.05) is 18.0 Å². The quantitative estimate of drug-likeness (QED) is 0.741. The molecule has 0 aliphatic rings. The van der Waals surface area contributed by atoms with Gasteiger partial charge in [-0.3, -0.25) is 4.90 Å². The Morgan fingerprint density at radius 2 is 1.78 bits per heavy atom. The van der Waals surface area contributed by atoms with E-state index in [2.05, 4.69) is 0 Å². The smallest absolute Gasteiger partial charge is 0.299 e. The summed E-state index contributed by atoms with van der Waals surface area (Å²) < 4.78 is 36.1. The molecule has 0 saturated heterocycles. The third-order valence-corrected chi connectivity index (χ3v) is 2.95. The Hall–Kier alpha value is -0.740. The van der Waals surface area contributed by atoms with Crippen molar-refractivity contribution in [2.75, 3.05) is 13.1 Å². The molecule has 0 fully saturated rings. The van der Waals surface area contributed by atoms with Crippen LogP contribution < -0.4 is 0 Å². The fourth-order valence-electron chi connectivity index (χ4n) is 1.70. The lowest BCUT2D eigenvalue weighted by Gasteiger charge is -2.20. The summed E-state index contributed by atoms with van der Waals surface area (Å²) >= 11 is 5.78. The van der Waals surface area contributed by atoms with Gasteiger partial charge >= 0.3 is 6.18 Å². The summed E-state index contributed by atoms with van der Waals surface area (Å²) in [5, 5.41) is 0.666. The van der Waals surface area contributed by atoms with E-state index in [0.29, 0.717) is 18.1 Å². The number of halogens is 4. The van der Waals surface area contributed by atoms with Gasteiger partial charge in [0.05, 0.1) is 0 Å². The van der Waals surface area contributed by atoms with Crippen LogP contribution in [0.5, 0.6) is 0 Å². The summed E-state index contributed by atoms with van der Waals surface area (Å²) in [5.74, 6) is 0. The van der Waals surface area contributed by atoms with Crippen LogP contribution in [-0.4, -0.2) is 24.2 Å². The van der Waals surface area contributed by atoms with E-state index < -0.39 is 12.6 Å². The molecule has 1 aromatic carbocycles. The lowest BCUT2D eigenvalue weighted by molar-refractivity contribution is -0.136. The first-order valence-electron chi connectivity index (χ1n) is 5.94. The largest absolute Gasteiger partial charge is 0.389 e. The standard InChI is InChI=1S/C13H17ClF3N/c1-2-18(9-3-8-13(15,16)17)10-11-4-6-12(14)7-5-11/h4-7H,2-3,8-10H2,1H3. The highest BCUT2D eigenvalue weighted by atomic mass is 35.5. The number of benzene rings is 1. The number of hydrogen-bond acceptors (Lipinski definition) is 1. The van der Waals surface area contributed by atoms with Gasteiger partial charge in [-0.2, -0.15) is 13.2 Å². The number of alkyl halides is 3. The van der Waals surface area contributed by atoms with Crippen LogP contribution in [0.2, 0.25) is 5.02 Å². The first kappa shape index (κ1) is 15.3. The molecule has 18 heavy (non-hydrogen) atoms. The minimum atomic E-state index is -4.06. The Kier molecular flexibility index (Phi) is 5.96. The van der Waals surface area contributed by atoms with Gasteiger partial charge in [-0.15, -0.1) is 0 Å². The lowest BCUT2D eigenvalue weighted by atomic mass is 10.2. The second kappa shape index (κ2) is 7.00. The fourth-order valence-corrected chi connectivity index (χ4v) is 1.83. The van der Waals surface area contributed by atoms with Crippen molar-refractivity contribution >= 4 is 11.6 Å². The molecule has 5 heteroatoms. The molecule has 0 unspecified atom stereocenters. The van der Waals surface area contributed by atoms with Crippen molar-refractivity contribution in [2.45, 2.75) is 32.5 Å². The minimum Gasteiger partial charge on any atom is -0.299 e. The highest BCUT2D eigenvalue weighted by Gasteiger charge is 2.26. The van der Waals surface area contributed by atoms with Gasteiger partial charge in [0.25, 0.3) is 0 Å². The Bertz CT molecular complexity index is 348. The molecule has 1 nitrogen and oxygen atoms in total. The van der Waals surface area contributed by atoms with E-state index in [1.807, 2.05) is 24.0 Å². The molecule has 0 bridgehead atoms. The Labute approximate surface area is 111 Å². The van der Waals surface area contributed by atoms with E-state index in [9.17, 15) is 13.2 Å². The Morgan fingerprint density at radius 1 is 1.17 bits per heavy atom. The van der Waals surface area contributed by atoms with Crippen molar-refractivity contribution in [1.82, 2.24) is 4.90 Å². The zero-order valence-electron chi connectivity index (χ0n) is 10.3. The van der Waals surface area contributed by atoms with E-state index in [4.69, 9.17) is 11.6 Å². The molecule has 0 heterocycles. The summed E-state index contributed by atoms with van der Waals surface area (Å²) in [4.78, 5) is 2.00. The maximum absolute atomic E-state index is 12.0. The van der Waals surface area contributed by atoms with Crippen LogP contribution in [0.15, 0.2) is 24.3 Å². The third kappa shape index (κ3) is 6.26. The monoisotopic (exact) mass is 279 g/mol. The van der Waals surface area contributed by atoms with E-state index in [-0.39, 0.29) is 6.42 Å². The lowest BCUT2D eigenvalue weighted by Crippen LogP contribution is -2.25. The van der Waals surface area contributed by atoms with E-state index in [1.54, 1.807) is 12.1 Å². The maximum atomic E-state index is 12.0. The summed E-state index contributed by atoms with van der Waals surface area (Å²) in [6, 6.07) is 7.38. The molecule has 0 atom stereocenters. The second-order valence-corrected chi connectivity index (χ2v) is 4.65. The Balaban J connectivity index is 2.40. The maximum Gasteiger partial charge on any atom is 0.389 e. The van der Waals surface area contributed by atoms with Crippen LogP contribution in [0.1, 0.15) is 25.3 Å². The molecular weight excluding hydrogens is 263 g/mol. The molecular formula is C13H17ClF3N. The predicted octanol–water partition coefficient (Wildman–Crippen LogP) is 4.50. The SMILES string of the molecule is CCN(CCCC(F)(F)F)Cc1ccc(Cl)cc1. The zero-order valence-corrected chi connectivity index (χ0v) is 11.1. The highest BCUT2D eigenvalue weighted by Crippen LogP contribution is 2.21. The first-order chi connectivity index (χ1) is 8.40. The van der Waals surface area contributed by atoms with Gasteiger partial charge in [-0.05, 0) is 37.2 Å². The molecule has 0 aliphatic heterocycles. The molecule has 0 aliphatic carbocycles. The highest BCUT2D eigenvalue weighted by molar-refractivity contribution is 6.30. The van der Waals surface area contributed by atoms with Crippen molar-refractivity contribution < 1.29 is 13.2 Å². The summed E-state index contributed by atoms with van der Waals surface area (Å²) in [6.45, 7) is 3.80. The fraction of sp³-hybridized carbons (Fsp3) is 0.538. The van der Waals surface area contributed by atoms with Gasteiger partial charge in [0.15, 0.2) is 0 Å². The summed E-state index contributed by atoms with van der Waals surface area (Å²) in [6.07, 6.45) is -4.63. The van der Waals surface area contributed by atoms with Gasteiger partial charge in [0.2, 0.25) is 0 Å². The van der Waals surface area contributed by atoms with Crippen LogP contribution in [0, 0.1) is 0 Å². The number of rotatable bonds is 6. The van der Waals surface area contributed by atoms with Crippen molar-refractivity contribution in [3.63, 3.8) is 0 Å². The van der Waals surface area contributed by atoms with Crippen molar-refractivity contribution in [1.29, 1.82) is 0 Å². The van der Waals surface area contributed by atoms with Crippen molar-refractivity contribution in [2.24, 2.45) is 0 Å². The van der Waals surface area contributed by atoms with Gasteiger partial charge < -0.3 is 0 Å². The third-order valence-electron chi connectivity index (χ3n) is 2.70. The molecule has 0 amide bonds. The normalized spacial score (nSPS) is 12.1. The molecule has 0 spiro atoms. The van der Waals surface area contributed by atoms with E-state index in [1.165, 1.54) is 0 Å². The summed E-state index contributed by atoms with van der Waals surface area (Å²) in [7, 11) is 0. The molecule has 0 radical (unpaired) electrons. The first-order valence-corrected chi connectivity index (χ1v) is 6.32.